The lowest BCUT2D eigenvalue weighted by Crippen LogP contribution is -2.17. The van der Waals surface area contributed by atoms with Crippen molar-refractivity contribution in [2.75, 3.05) is 6.61 Å². The molecule has 0 atom stereocenters. The molecular formula is C13H9N5O3. The van der Waals surface area contributed by atoms with E-state index < -0.39 is 11.5 Å². The van der Waals surface area contributed by atoms with E-state index in [4.69, 9.17) is 10.00 Å². The third kappa shape index (κ3) is 2.01. The van der Waals surface area contributed by atoms with Crippen LogP contribution < -0.4 is 5.56 Å². The Kier molecular flexibility index (Phi) is 2.88. The fraction of sp³-hybridized carbons (Fsp3) is 0.154. The Morgan fingerprint density at radius 1 is 1.48 bits per heavy atom. The topological polar surface area (TPSA) is 113 Å². The highest BCUT2D eigenvalue weighted by Gasteiger charge is 2.13. The number of esters is 1. The first kappa shape index (κ1) is 12.8. The number of benzene rings is 1. The predicted molar refractivity (Wildman–Crippen MR) is 71.8 cm³/mol. The number of ether oxygens (including phenoxy) is 1. The third-order valence-corrected chi connectivity index (χ3v) is 2.89. The number of aromatic amines is 1. The van der Waals surface area contributed by atoms with E-state index >= 15 is 0 Å². The van der Waals surface area contributed by atoms with Crippen molar-refractivity contribution in [3.63, 3.8) is 0 Å². The highest BCUT2D eigenvalue weighted by Crippen LogP contribution is 2.16. The molecule has 0 aliphatic rings. The number of hydrogen-bond donors (Lipinski definition) is 1. The molecule has 0 unspecified atom stereocenters. The van der Waals surface area contributed by atoms with Gasteiger partial charge in [-0.05, 0) is 25.1 Å². The van der Waals surface area contributed by atoms with Crippen molar-refractivity contribution >= 4 is 22.8 Å². The van der Waals surface area contributed by atoms with E-state index in [0.29, 0.717) is 16.6 Å². The van der Waals surface area contributed by atoms with Gasteiger partial charge in [0.2, 0.25) is 5.69 Å². The zero-order chi connectivity index (χ0) is 15.0. The number of imidazole rings is 1. The Bertz CT molecular complexity index is 963. The molecule has 0 aliphatic heterocycles. The minimum absolute atomic E-state index is 0.183. The summed E-state index contributed by atoms with van der Waals surface area (Å²) in [5, 5.41) is 11.3. The van der Waals surface area contributed by atoms with Crippen molar-refractivity contribution in [2.45, 2.75) is 6.92 Å². The molecule has 104 valence electrons. The summed E-state index contributed by atoms with van der Waals surface area (Å²) in [6, 6.07) is 6.45. The van der Waals surface area contributed by atoms with Crippen LogP contribution in [0.4, 0.5) is 0 Å². The second-order valence-corrected chi connectivity index (χ2v) is 4.18. The van der Waals surface area contributed by atoms with Crippen LogP contribution in [-0.2, 0) is 4.74 Å². The summed E-state index contributed by atoms with van der Waals surface area (Å²) < 4.78 is 6.26. The zero-order valence-corrected chi connectivity index (χ0v) is 11.0. The van der Waals surface area contributed by atoms with Gasteiger partial charge in [0.05, 0.1) is 23.2 Å². The summed E-state index contributed by atoms with van der Waals surface area (Å²) >= 11 is 0. The molecule has 2 aromatic heterocycles. The molecule has 0 aliphatic carbocycles. The Hall–Kier alpha value is -3.21. The predicted octanol–water partition coefficient (Wildman–Crippen LogP) is 0.619. The molecule has 0 radical (unpaired) electrons. The summed E-state index contributed by atoms with van der Waals surface area (Å²) in [5.74, 6) is -0.277. The van der Waals surface area contributed by atoms with Gasteiger partial charge in [-0.3, -0.25) is 9.89 Å². The quantitative estimate of drug-likeness (QED) is 0.690. The van der Waals surface area contributed by atoms with Crippen molar-refractivity contribution < 1.29 is 9.53 Å². The van der Waals surface area contributed by atoms with Crippen LogP contribution in [0.25, 0.3) is 16.8 Å². The molecule has 0 saturated heterocycles. The Morgan fingerprint density at radius 3 is 3.00 bits per heavy atom. The molecule has 8 heteroatoms. The van der Waals surface area contributed by atoms with E-state index in [9.17, 15) is 9.59 Å². The number of hydrogen-bond acceptors (Lipinski definition) is 6. The lowest BCUT2D eigenvalue weighted by molar-refractivity contribution is 0.0526. The maximum atomic E-state index is 11.7. The minimum atomic E-state index is -0.620. The highest BCUT2D eigenvalue weighted by atomic mass is 16.5. The van der Waals surface area contributed by atoms with Gasteiger partial charge in [0.1, 0.15) is 6.07 Å². The van der Waals surface area contributed by atoms with Crippen LogP contribution in [0.5, 0.6) is 0 Å². The largest absolute Gasteiger partial charge is 0.462 e. The van der Waals surface area contributed by atoms with Gasteiger partial charge in [-0.15, -0.1) is 0 Å². The second kappa shape index (κ2) is 4.72. The van der Waals surface area contributed by atoms with Gasteiger partial charge >= 0.3 is 5.97 Å². The number of aromatic nitrogens is 4. The van der Waals surface area contributed by atoms with Crippen LogP contribution in [0.15, 0.2) is 23.0 Å². The maximum absolute atomic E-state index is 11.7. The van der Waals surface area contributed by atoms with Crippen molar-refractivity contribution in [1.82, 2.24) is 19.6 Å². The molecular weight excluding hydrogens is 274 g/mol. The van der Waals surface area contributed by atoms with E-state index in [0.717, 1.165) is 0 Å². The summed E-state index contributed by atoms with van der Waals surface area (Å²) in [4.78, 5) is 31.4. The number of nitrogens with one attached hydrogen (secondary N) is 1. The fourth-order valence-electron chi connectivity index (χ4n) is 1.97. The number of nitriles is 1. The van der Waals surface area contributed by atoms with Crippen molar-refractivity contribution in [2.24, 2.45) is 0 Å². The van der Waals surface area contributed by atoms with E-state index in [1.807, 2.05) is 0 Å². The van der Waals surface area contributed by atoms with Gasteiger partial charge in [-0.2, -0.15) is 10.2 Å². The van der Waals surface area contributed by atoms with Crippen molar-refractivity contribution in [3.8, 4) is 6.07 Å². The normalized spacial score (nSPS) is 10.7. The van der Waals surface area contributed by atoms with E-state index in [1.165, 1.54) is 4.52 Å². The summed E-state index contributed by atoms with van der Waals surface area (Å²) in [7, 11) is 0. The SMILES string of the molecule is CCOC(=O)c1ccc2nc3nc(C#N)c(=O)[nH]n3c2c1. The number of nitrogens with zero attached hydrogens (tertiary/aromatic N) is 4. The number of H-pyrrole nitrogens is 1. The fourth-order valence-corrected chi connectivity index (χ4v) is 1.97. The summed E-state index contributed by atoms with van der Waals surface area (Å²) in [5.41, 5.74) is 0.511. The number of fused-ring (bicyclic) bond motifs is 3. The van der Waals surface area contributed by atoms with Crippen LogP contribution in [-0.4, -0.2) is 32.2 Å². The lowest BCUT2D eigenvalue weighted by Gasteiger charge is -2.01. The first-order chi connectivity index (χ1) is 10.1. The number of carbonyl (C=O) groups excluding carboxylic acids is 1. The molecule has 1 aromatic carbocycles. The first-order valence-corrected chi connectivity index (χ1v) is 6.14. The van der Waals surface area contributed by atoms with Crippen molar-refractivity contribution in [3.05, 3.63) is 39.8 Å². The zero-order valence-electron chi connectivity index (χ0n) is 11.0. The molecule has 3 aromatic rings. The maximum Gasteiger partial charge on any atom is 0.338 e. The molecule has 0 amide bonds. The molecule has 0 fully saturated rings. The molecule has 0 saturated carbocycles. The molecule has 0 bridgehead atoms. The number of rotatable bonds is 2. The average molecular weight is 283 g/mol. The van der Waals surface area contributed by atoms with E-state index in [2.05, 4.69) is 15.1 Å². The second-order valence-electron chi connectivity index (χ2n) is 4.18. The Balaban J connectivity index is 2.27. The van der Waals surface area contributed by atoms with Crippen LogP contribution >= 0.6 is 0 Å². The van der Waals surface area contributed by atoms with Gasteiger partial charge in [0, 0.05) is 0 Å². The van der Waals surface area contributed by atoms with E-state index in [-0.39, 0.29) is 18.1 Å². The Labute approximate surface area is 117 Å². The van der Waals surface area contributed by atoms with Gasteiger partial charge in [-0.1, -0.05) is 0 Å². The van der Waals surface area contributed by atoms with Crippen LogP contribution in [0.3, 0.4) is 0 Å². The van der Waals surface area contributed by atoms with Gasteiger partial charge in [-0.25, -0.2) is 14.3 Å². The molecule has 3 rings (SSSR count). The van der Waals surface area contributed by atoms with Crippen LogP contribution in [0, 0.1) is 11.3 Å². The summed E-state index contributed by atoms with van der Waals surface area (Å²) in [6.07, 6.45) is 0. The smallest absolute Gasteiger partial charge is 0.338 e. The number of carbonyl (C=O) groups is 1. The average Bonchev–Trinajstić information content (AvgIpc) is 2.83. The van der Waals surface area contributed by atoms with Gasteiger partial charge < -0.3 is 4.74 Å². The molecule has 2 heterocycles. The minimum Gasteiger partial charge on any atom is -0.462 e. The monoisotopic (exact) mass is 283 g/mol. The molecule has 1 N–H and O–H groups in total. The first-order valence-electron chi connectivity index (χ1n) is 6.14. The molecule has 21 heavy (non-hydrogen) atoms. The summed E-state index contributed by atoms with van der Waals surface area (Å²) in [6.45, 7) is 1.99. The van der Waals surface area contributed by atoms with Crippen LogP contribution in [0.1, 0.15) is 23.0 Å². The van der Waals surface area contributed by atoms with Gasteiger partial charge in [0.15, 0.2) is 0 Å². The molecule has 0 spiro atoms. The van der Waals surface area contributed by atoms with Gasteiger partial charge in [0.25, 0.3) is 11.3 Å². The highest BCUT2D eigenvalue weighted by molar-refractivity contribution is 5.94. The molecule has 8 nitrogen and oxygen atoms in total. The third-order valence-electron chi connectivity index (χ3n) is 2.89. The van der Waals surface area contributed by atoms with E-state index in [1.54, 1.807) is 31.2 Å². The lowest BCUT2D eigenvalue weighted by atomic mass is 10.2. The van der Waals surface area contributed by atoms with Crippen molar-refractivity contribution in [1.29, 1.82) is 5.26 Å². The van der Waals surface area contributed by atoms with Crippen LogP contribution in [0.2, 0.25) is 0 Å². The Morgan fingerprint density at radius 2 is 2.29 bits per heavy atom. The standard InChI is InChI=1S/C13H9N5O3/c1-2-21-12(20)7-3-4-8-10(5-7)18-13(15-8)16-9(6-14)11(19)17-18/h3-5H,2H2,1H3,(H,17,19).